The van der Waals surface area contributed by atoms with Crippen molar-refractivity contribution in [1.29, 1.82) is 0 Å². The van der Waals surface area contributed by atoms with Gasteiger partial charge in [-0.05, 0) is 37.5 Å². The number of halogens is 1. The second-order valence-corrected chi connectivity index (χ2v) is 7.20. The molecule has 1 aliphatic rings. The van der Waals surface area contributed by atoms with Crippen molar-refractivity contribution in [3.8, 4) is 0 Å². The topological polar surface area (TPSA) is 101 Å². The van der Waals surface area contributed by atoms with Crippen LogP contribution in [0.3, 0.4) is 0 Å². The molecule has 1 atom stereocenters. The van der Waals surface area contributed by atoms with Crippen molar-refractivity contribution in [2.75, 3.05) is 0 Å². The van der Waals surface area contributed by atoms with Gasteiger partial charge in [-0.1, -0.05) is 17.7 Å². The number of nitrogens with two attached hydrogens (primary N) is 1. The van der Waals surface area contributed by atoms with Crippen LogP contribution in [0.1, 0.15) is 25.3 Å². The minimum atomic E-state index is -3.80. The first-order valence-electron chi connectivity index (χ1n) is 6.64. The maximum Gasteiger partial charge on any atom is 0.241 e. The Bertz CT molecular complexity index is 644. The van der Waals surface area contributed by atoms with Crippen LogP contribution in [-0.2, 0) is 21.4 Å². The summed E-state index contributed by atoms with van der Waals surface area (Å²) < 4.78 is 26.8. The van der Waals surface area contributed by atoms with Crippen molar-refractivity contribution in [1.82, 2.24) is 10.0 Å². The van der Waals surface area contributed by atoms with Gasteiger partial charge in [0.2, 0.25) is 15.9 Å². The summed E-state index contributed by atoms with van der Waals surface area (Å²) in [6.45, 7) is 1.73. The van der Waals surface area contributed by atoms with Gasteiger partial charge in [0.15, 0.2) is 0 Å². The average Bonchev–Trinajstić information content (AvgIpc) is 3.22. The zero-order valence-electron chi connectivity index (χ0n) is 11.6. The lowest BCUT2D eigenvalue weighted by molar-refractivity contribution is -0.122. The van der Waals surface area contributed by atoms with E-state index in [0.717, 1.165) is 12.8 Å². The summed E-state index contributed by atoms with van der Waals surface area (Å²) >= 11 is 5.96. The molecule has 0 bridgehead atoms. The molecule has 1 fully saturated rings. The van der Waals surface area contributed by atoms with Gasteiger partial charge >= 0.3 is 0 Å². The number of carbonyl (C=O) groups is 1. The Morgan fingerprint density at radius 1 is 1.48 bits per heavy atom. The lowest BCUT2D eigenvalue weighted by Crippen LogP contribution is -2.45. The molecule has 116 valence electrons. The summed E-state index contributed by atoms with van der Waals surface area (Å²) in [5.41, 5.74) is 6.14. The Morgan fingerprint density at radius 3 is 2.67 bits per heavy atom. The van der Waals surface area contributed by atoms with E-state index in [1.54, 1.807) is 6.07 Å². The fraction of sp³-hybridized carbons (Fsp3) is 0.462. The molecule has 1 saturated carbocycles. The Morgan fingerprint density at radius 2 is 2.14 bits per heavy atom. The predicted octanol–water partition coefficient (Wildman–Crippen LogP) is 0.744. The number of hydrogen-bond donors (Lipinski definition) is 3. The quantitative estimate of drug-likeness (QED) is 0.715. The largest absolute Gasteiger partial charge is 0.352 e. The number of hydrogen-bond acceptors (Lipinski definition) is 4. The molecule has 1 aliphatic carbocycles. The summed E-state index contributed by atoms with van der Waals surface area (Å²) in [7, 11) is -3.80. The van der Waals surface area contributed by atoms with Gasteiger partial charge in [0.25, 0.3) is 0 Å². The van der Waals surface area contributed by atoms with E-state index >= 15 is 0 Å². The summed E-state index contributed by atoms with van der Waals surface area (Å²) in [5, 5.41) is 3.04. The first-order valence-corrected chi connectivity index (χ1v) is 8.51. The van der Waals surface area contributed by atoms with Crippen molar-refractivity contribution < 1.29 is 13.2 Å². The number of rotatable bonds is 6. The molecule has 6 nitrogen and oxygen atoms in total. The Labute approximate surface area is 129 Å². The van der Waals surface area contributed by atoms with Gasteiger partial charge in [-0.25, -0.2) is 8.42 Å². The van der Waals surface area contributed by atoms with Gasteiger partial charge in [-0.3, -0.25) is 4.79 Å². The first-order chi connectivity index (χ1) is 9.83. The van der Waals surface area contributed by atoms with Gasteiger partial charge in [-0.2, -0.15) is 4.72 Å². The smallest absolute Gasteiger partial charge is 0.241 e. The van der Waals surface area contributed by atoms with Crippen molar-refractivity contribution in [3.05, 3.63) is 28.8 Å². The molecule has 1 unspecified atom stereocenters. The van der Waals surface area contributed by atoms with Crippen LogP contribution < -0.4 is 15.8 Å². The zero-order chi connectivity index (χ0) is 15.6. The highest BCUT2D eigenvalue weighted by molar-refractivity contribution is 7.89. The third-order valence-electron chi connectivity index (χ3n) is 3.20. The second-order valence-electron chi connectivity index (χ2n) is 5.08. The molecule has 21 heavy (non-hydrogen) atoms. The first kappa shape index (κ1) is 16.2. The molecule has 0 heterocycles. The monoisotopic (exact) mass is 331 g/mol. The SMILES string of the molecule is CC(NS(=O)(=O)c1ccc(CN)c(Cl)c1)C(=O)NC1CC1. The van der Waals surface area contributed by atoms with Crippen LogP contribution in [0.15, 0.2) is 23.1 Å². The molecule has 0 saturated heterocycles. The number of carbonyl (C=O) groups excluding carboxylic acids is 1. The molecule has 8 heteroatoms. The molecule has 1 aromatic carbocycles. The zero-order valence-corrected chi connectivity index (χ0v) is 13.2. The van der Waals surface area contributed by atoms with Gasteiger partial charge in [0.1, 0.15) is 0 Å². The minimum Gasteiger partial charge on any atom is -0.352 e. The molecule has 0 aliphatic heterocycles. The van der Waals surface area contributed by atoms with Crippen LogP contribution in [0.4, 0.5) is 0 Å². The summed E-state index contributed by atoms with van der Waals surface area (Å²) in [6, 6.07) is 3.65. The molecule has 2 rings (SSSR count). The number of benzene rings is 1. The lowest BCUT2D eigenvalue weighted by Gasteiger charge is -2.14. The highest BCUT2D eigenvalue weighted by Gasteiger charge is 2.28. The van der Waals surface area contributed by atoms with E-state index in [4.69, 9.17) is 17.3 Å². The normalized spacial score (nSPS) is 16.5. The Balaban J connectivity index is 2.09. The van der Waals surface area contributed by atoms with Crippen LogP contribution in [-0.4, -0.2) is 26.4 Å². The maximum atomic E-state index is 12.2. The summed E-state index contributed by atoms with van der Waals surface area (Å²) in [6.07, 6.45) is 1.89. The second kappa shape index (κ2) is 6.31. The molecule has 1 amide bonds. The number of nitrogens with one attached hydrogen (secondary N) is 2. The van der Waals surface area contributed by atoms with Crippen molar-refractivity contribution in [2.24, 2.45) is 5.73 Å². The van der Waals surface area contributed by atoms with Gasteiger partial charge in [0, 0.05) is 17.6 Å². The van der Waals surface area contributed by atoms with Crippen molar-refractivity contribution >= 4 is 27.5 Å². The minimum absolute atomic E-state index is 0.00997. The molecule has 4 N–H and O–H groups in total. The van der Waals surface area contributed by atoms with E-state index in [1.807, 2.05) is 0 Å². The molecule has 0 aromatic heterocycles. The fourth-order valence-electron chi connectivity index (χ4n) is 1.77. The summed E-state index contributed by atoms with van der Waals surface area (Å²) in [4.78, 5) is 11.8. The number of sulfonamides is 1. The van der Waals surface area contributed by atoms with E-state index in [0.29, 0.717) is 5.56 Å². The third-order valence-corrected chi connectivity index (χ3v) is 5.09. The van der Waals surface area contributed by atoms with E-state index in [1.165, 1.54) is 19.1 Å². The highest BCUT2D eigenvalue weighted by atomic mass is 35.5. The van der Waals surface area contributed by atoms with E-state index in [2.05, 4.69) is 10.0 Å². The van der Waals surface area contributed by atoms with Crippen LogP contribution in [0, 0.1) is 0 Å². The highest BCUT2D eigenvalue weighted by Crippen LogP contribution is 2.21. The predicted molar refractivity (Wildman–Crippen MR) is 80.3 cm³/mol. The standard InChI is InChI=1S/C13H18ClN3O3S/c1-8(13(18)16-10-3-4-10)17-21(19,20)11-5-2-9(7-15)12(14)6-11/h2,5-6,8,10,17H,3-4,7,15H2,1H3,(H,16,18). The van der Waals surface area contributed by atoms with E-state index in [9.17, 15) is 13.2 Å². The summed E-state index contributed by atoms with van der Waals surface area (Å²) in [5.74, 6) is -0.328. The lowest BCUT2D eigenvalue weighted by atomic mass is 10.2. The number of amides is 1. The van der Waals surface area contributed by atoms with Crippen LogP contribution >= 0.6 is 11.6 Å². The fourth-order valence-corrected chi connectivity index (χ4v) is 3.32. The van der Waals surface area contributed by atoms with Crippen molar-refractivity contribution in [3.63, 3.8) is 0 Å². The molecular weight excluding hydrogens is 314 g/mol. The Hall–Kier alpha value is -1.15. The molecule has 0 spiro atoms. The maximum absolute atomic E-state index is 12.2. The van der Waals surface area contributed by atoms with Crippen LogP contribution in [0.25, 0.3) is 0 Å². The van der Waals surface area contributed by atoms with Crippen LogP contribution in [0.2, 0.25) is 5.02 Å². The van der Waals surface area contributed by atoms with Gasteiger partial charge in [-0.15, -0.1) is 0 Å². The van der Waals surface area contributed by atoms with Gasteiger partial charge in [0.05, 0.1) is 10.9 Å². The van der Waals surface area contributed by atoms with E-state index < -0.39 is 16.1 Å². The molecule has 1 aromatic rings. The van der Waals surface area contributed by atoms with Crippen molar-refractivity contribution in [2.45, 2.75) is 43.3 Å². The average molecular weight is 332 g/mol. The Kier molecular flexibility index (Phi) is 4.88. The van der Waals surface area contributed by atoms with Gasteiger partial charge < -0.3 is 11.1 Å². The van der Waals surface area contributed by atoms with E-state index in [-0.39, 0.29) is 28.4 Å². The third kappa shape index (κ3) is 4.16. The van der Waals surface area contributed by atoms with Crippen LogP contribution in [0.5, 0.6) is 0 Å². The molecule has 0 radical (unpaired) electrons. The molecular formula is C13H18ClN3O3S.